The Morgan fingerprint density at radius 3 is 2.07 bits per heavy atom. The molecular formula is C18H26N4O7. The van der Waals surface area contributed by atoms with Crippen LogP contribution in [0.1, 0.15) is 19.4 Å². The summed E-state index contributed by atoms with van der Waals surface area (Å²) in [6.45, 7) is 2.29. The lowest BCUT2D eigenvalue weighted by atomic mass is 10.0. The number of carboxylic acid groups (broad SMARTS) is 1. The maximum absolute atomic E-state index is 12.6. The van der Waals surface area contributed by atoms with Crippen LogP contribution in [-0.4, -0.2) is 69.8 Å². The normalized spacial score (nSPS) is 14.8. The highest BCUT2D eigenvalue weighted by Crippen LogP contribution is 2.12. The molecule has 11 heteroatoms. The van der Waals surface area contributed by atoms with Gasteiger partial charge in [0.15, 0.2) is 6.04 Å². The molecule has 4 atom stereocenters. The average Bonchev–Trinajstić information content (AvgIpc) is 2.66. The van der Waals surface area contributed by atoms with Gasteiger partial charge in [-0.15, -0.1) is 0 Å². The first-order valence-electron chi connectivity index (χ1n) is 8.84. The van der Waals surface area contributed by atoms with Gasteiger partial charge >= 0.3 is 5.97 Å². The molecule has 1 aromatic rings. The van der Waals surface area contributed by atoms with Crippen LogP contribution in [0, 0.1) is 0 Å². The van der Waals surface area contributed by atoms with E-state index in [-0.39, 0.29) is 18.7 Å². The third-order valence-electron chi connectivity index (χ3n) is 4.01. The predicted octanol–water partition coefficient (Wildman–Crippen LogP) is -2.17. The monoisotopic (exact) mass is 410 g/mol. The Labute approximate surface area is 167 Å². The van der Waals surface area contributed by atoms with E-state index in [1.54, 1.807) is 0 Å². The van der Waals surface area contributed by atoms with E-state index in [0.29, 0.717) is 5.56 Å². The first-order valence-corrected chi connectivity index (χ1v) is 8.84. The van der Waals surface area contributed by atoms with Crippen molar-refractivity contribution in [1.29, 1.82) is 0 Å². The van der Waals surface area contributed by atoms with E-state index in [0.717, 1.165) is 0 Å². The number of phenolic OH excluding ortho intramolecular Hbond substituents is 1. The predicted molar refractivity (Wildman–Crippen MR) is 102 cm³/mol. The van der Waals surface area contributed by atoms with Crippen molar-refractivity contribution in [3.8, 4) is 5.75 Å². The lowest BCUT2D eigenvalue weighted by molar-refractivity contribution is -0.145. The summed E-state index contributed by atoms with van der Waals surface area (Å²) in [7, 11) is 0. The molecule has 29 heavy (non-hydrogen) atoms. The van der Waals surface area contributed by atoms with Crippen LogP contribution in [-0.2, 0) is 25.6 Å². The summed E-state index contributed by atoms with van der Waals surface area (Å²) in [5, 5.41) is 35.1. The average molecular weight is 410 g/mol. The second-order valence-electron chi connectivity index (χ2n) is 6.49. The number of hydrogen-bond donors (Lipinski definition) is 7. The molecule has 0 aliphatic carbocycles. The Balaban J connectivity index is 2.99. The zero-order valence-corrected chi connectivity index (χ0v) is 16.1. The van der Waals surface area contributed by atoms with E-state index >= 15 is 0 Å². The van der Waals surface area contributed by atoms with Crippen molar-refractivity contribution in [1.82, 2.24) is 16.0 Å². The summed E-state index contributed by atoms with van der Waals surface area (Å²) < 4.78 is 0. The van der Waals surface area contributed by atoms with E-state index in [1.165, 1.54) is 38.1 Å². The van der Waals surface area contributed by atoms with Gasteiger partial charge in [-0.3, -0.25) is 14.4 Å². The van der Waals surface area contributed by atoms with Crippen LogP contribution < -0.4 is 21.7 Å². The lowest BCUT2D eigenvalue weighted by Crippen LogP contribution is -2.57. The molecule has 1 aromatic carbocycles. The summed E-state index contributed by atoms with van der Waals surface area (Å²) >= 11 is 0. The molecule has 0 aliphatic rings. The highest BCUT2D eigenvalue weighted by molar-refractivity contribution is 5.93. The smallest absolute Gasteiger partial charge is 0.328 e. The number of carboxylic acids is 1. The zero-order chi connectivity index (χ0) is 22.1. The first-order chi connectivity index (χ1) is 13.5. The number of aliphatic hydroxyl groups excluding tert-OH is 1. The molecule has 0 aromatic heterocycles. The number of nitrogens with one attached hydrogen (secondary N) is 3. The van der Waals surface area contributed by atoms with E-state index in [4.69, 9.17) is 10.8 Å². The Morgan fingerprint density at radius 2 is 1.59 bits per heavy atom. The van der Waals surface area contributed by atoms with Gasteiger partial charge in [0.2, 0.25) is 17.7 Å². The molecule has 1 rings (SSSR count). The minimum absolute atomic E-state index is 0.0111. The summed E-state index contributed by atoms with van der Waals surface area (Å²) in [5.41, 5.74) is 5.76. The van der Waals surface area contributed by atoms with Crippen LogP contribution in [0.4, 0.5) is 0 Å². The van der Waals surface area contributed by atoms with Gasteiger partial charge in [-0.2, -0.15) is 0 Å². The number of nitrogens with two attached hydrogens (primary N) is 1. The molecule has 3 amide bonds. The van der Waals surface area contributed by atoms with Gasteiger partial charge in [-0.05, 0) is 31.5 Å². The molecule has 4 unspecified atom stereocenters. The quantitative estimate of drug-likeness (QED) is 0.227. The lowest BCUT2D eigenvalue weighted by Gasteiger charge is -2.24. The molecule has 0 fully saturated rings. The second-order valence-corrected chi connectivity index (χ2v) is 6.49. The molecule has 160 valence electrons. The Kier molecular flexibility index (Phi) is 9.03. The summed E-state index contributed by atoms with van der Waals surface area (Å²) in [5.74, 6) is -3.51. The molecule has 0 saturated carbocycles. The SMILES string of the molecule is CC(NC(=O)CN)C(=O)NC(Cc1ccc(O)cc1)C(=O)NC(C(=O)O)C(C)O. The number of rotatable bonds is 10. The Hall–Kier alpha value is -3.18. The molecule has 0 radical (unpaired) electrons. The summed E-state index contributed by atoms with van der Waals surface area (Å²) in [6.07, 6.45) is -1.40. The van der Waals surface area contributed by atoms with Crippen LogP contribution in [0.5, 0.6) is 5.75 Å². The van der Waals surface area contributed by atoms with Crippen molar-refractivity contribution in [2.45, 2.75) is 44.5 Å². The topological polar surface area (TPSA) is 191 Å². The molecule has 0 saturated heterocycles. The fraction of sp³-hybridized carbons (Fsp3) is 0.444. The van der Waals surface area contributed by atoms with Crippen LogP contribution in [0.25, 0.3) is 0 Å². The maximum atomic E-state index is 12.6. The summed E-state index contributed by atoms with van der Waals surface area (Å²) in [6, 6.07) is 2.09. The number of phenols is 1. The van der Waals surface area contributed by atoms with Gasteiger partial charge in [-0.1, -0.05) is 12.1 Å². The largest absolute Gasteiger partial charge is 0.508 e. The highest BCUT2D eigenvalue weighted by Gasteiger charge is 2.30. The van der Waals surface area contributed by atoms with Crippen molar-refractivity contribution in [3.63, 3.8) is 0 Å². The Morgan fingerprint density at radius 1 is 1.00 bits per heavy atom. The van der Waals surface area contributed by atoms with Crippen LogP contribution >= 0.6 is 0 Å². The van der Waals surface area contributed by atoms with Crippen LogP contribution in [0.2, 0.25) is 0 Å². The number of carbonyl (C=O) groups is 4. The third-order valence-corrected chi connectivity index (χ3v) is 4.01. The third kappa shape index (κ3) is 7.76. The number of benzene rings is 1. The van der Waals surface area contributed by atoms with Crippen molar-refractivity contribution in [2.24, 2.45) is 5.73 Å². The van der Waals surface area contributed by atoms with Gasteiger partial charge in [0, 0.05) is 6.42 Å². The fourth-order valence-electron chi connectivity index (χ4n) is 2.38. The van der Waals surface area contributed by atoms with Gasteiger partial charge < -0.3 is 37.0 Å². The molecule has 8 N–H and O–H groups in total. The van der Waals surface area contributed by atoms with Crippen molar-refractivity contribution >= 4 is 23.7 Å². The number of aliphatic hydroxyl groups is 1. The number of amides is 3. The van der Waals surface area contributed by atoms with Gasteiger partial charge in [-0.25, -0.2) is 4.79 Å². The standard InChI is InChI=1S/C18H26N4O7/c1-9(20-14(25)8-19)16(26)21-13(7-11-3-5-12(24)6-4-11)17(27)22-15(10(2)23)18(28)29/h3-6,9-10,13,15,23-24H,7-8,19H2,1-2H3,(H,20,25)(H,21,26)(H,22,27)(H,28,29). The first kappa shape index (κ1) is 23.9. The minimum atomic E-state index is -1.57. The molecule has 0 spiro atoms. The van der Waals surface area contributed by atoms with Crippen molar-refractivity contribution in [3.05, 3.63) is 29.8 Å². The second kappa shape index (κ2) is 11.0. The van der Waals surface area contributed by atoms with E-state index in [9.17, 15) is 29.4 Å². The van der Waals surface area contributed by atoms with E-state index in [1.807, 2.05) is 0 Å². The molecule has 0 heterocycles. The van der Waals surface area contributed by atoms with Crippen molar-refractivity contribution < 1.29 is 34.5 Å². The van der Waals surface area contributed by atoms with E-state index < -0.39 is 47.9 Å². The van der Waals surface area contributed by atoms with Crippen LogP contribution in [0.15, 0.2) is 24.3 Å². The fourth-order valence-corrected chi connectivity index (χ4v) is 2.38. The molecular weight excluding hydrogens is 384 g/mol. The van der Waals surface area contributed by atoms with Crippen LogP contribution in [0.3, 0.4) is 0 Å². The Bertz CT molecular complexity index is 736. The maximum Gasteiger partial charge on any atom is 0.328 e. The molecule has 11 nitrogen and oxygen atoms in total. The van der Waals surface area contributed by atoms with E-state index in [2.05, 4.69) is 16.0 Å². The molecule has 0 bridgehead atoms. The number of carbonyl (C=O) groups excluding carboxylic acids is 3. The van der Waals surface area contributed by atoms with Crippen molar-refractivity contribution in [2.75, 3.05) is 6.54 Å². The molecule has 0 aliphatic heterocycles. The number of aliphatic carboxylic acids is 1. The highest BCUT2D eigenvalue weighted by atomic mass is 16.4. The van der Waals surface area contributed by atoms with Gasteiger partial charge in [0.25, 0.3) is 0 Å². The number of aromatic hydroxyl groups is 1. The minimum Gasteiger partial charge on any atom is -0.508 e. The van der Waals surface area contributed by atoms with Gasteiger partial charge in [0.05, 0.1) is 12.6 Å². The summed E-state index contributed by atoms with van der Waals surface area (Å²) in [4.78, 5) is 47.6. The van der Waals surface area contributed by atoms with Gasteiger partial charge in [0.1, 0.15) is 17.8 Å². The zero-order valence-electron chi connectivity index (χ0n) is 16.1. The number of hydrogen-bond acceptors (Lipinski definition) is 7.